The van der Waals surface area contributed by atoms with Gasteiger partial charge in [0.05, 0.1) is 15.9 Å². The van der Waals surface area contributed by atoms with Crippen LogP contribution in [-0.2, 0) is 14.9 Å². The maximum absolute atomic E-state index is 10.4. The summed E-state index contributed by atoms with van der Waals surface area (Å²) in [5.41, 5.74) is 0. The van der Waals surface area contributed by atoms with Crippen LogP contribution in [0.4, 0.5) is 0 Å². The zero-order valence-electron chi connectivity index (χ0n) is 6.56. The van der Waals surface area contributed by atoms with Gasteiger partial charge in [0.1, 0.15) is 6.10 Å². The molecule has 1 N–H and O–H groups in total. The van der Waals surface area contributed by atoms with Crippen LogP contribution in [0, 0.1) is 0 Å². The summed E-state index contributed by atoms with van der Waals surface area (Å²) in [5.74, 6) is -1.97. The number of aliphatic hydroxyl groups is 1. The van der Waals surface area contributed by atoms with Gasteiger partial charge in [0.15, 0.2) is 5.78 Å². The molecule has 0 rings (SSSR count). The minimum absolute atomic E-state index is 0. The van der Waals surface area contributed by atoms with E-state index in [0.717, 1.165) is 6.08 Å². The van der Waals surface area contributed by atoms with Crippen LogP contribution < -0.4 is 29.6 Å². The van der Waals surface area contributed by atoms with Crippen molar-refractivity contribution < 1.29 is 52.4 Å². The molecule has 0 aromatic carbocycles. The van der Waals surface area contributed by atoms with E-state index < -0.39 is 27.8 Å². The van der Waals surface area contributed by atoms with Crippen molar-refractivity contribution in [1.29, 1.82) is 0 Å². The molecule has 7 heteroatoms. The van der Waals surface area contributed by atoms with Crippen molar-refractivity contribution in [2.24, 2.45) is 0 Å². The molecule has 0 spiro atoms. The second-order valence-corrected chi connectivity index (χ2v) is 3.30. The topological polar surface area (TPSA) is 94.5 Å². The molecule has 0 aromatic heterocycles. The third kappa shape index (κ3) is 6.96. The number of rotatable bonds is 4. The summed E-state index contributed by atoms with van der Waals surface area (Å²) in [7, 11) is -4.55. The quantitative estimate of drug-likeness (QED) is 0.282. The third-order valence-corrected chi connectivity index (χ3v) is 1.62. The van der Waals surface area contributed by atoms with Gasteiger partial charge in [0, 0.05) is 0 Å². The molecular formula is C5H7NaO5S. The van der Waals surface area contributed by atoms with Crippen LogP contribution in [0.1, 0.15) is 0 Å². The predicted molar refractivity (Wildman–Crippen MR) is 35.8 cm³/mol. The van der Waals surface area contributed by atoms with Crippen LogP contribution in [-0.4, -0.2) is 35.7 Å². The summed E-state index contributed by atoms with van der Waals surface area (Å²) >= 11 is 0. The Balaban J connectivity index is 0. The monoisotopic (exact) mass is 202 g/mol. The van der Waals surface area contributed by atoms with E-state index in [0.29, 0.717) is 0 Å². The van der Waals surface area contributed by atoms with Crippen molar-refractivity contribution >= 4 is 15.9 Å². The van der Waals surface area contributed by atoms with E-state index in [-0.39, 0.29) is 29.6 Å². The van der Waals surface area contributed by atoms with Crippen LogP contribution in [0.3, 0.4) is 0 Å². The van der Waals surface area contributed by atoms with E-state index in [9.17, 15) is 17.8 Å². The molecule has 0 aliphatic rings. The summed E-state index contributed by atoms with van der Waals surface area (Å²) in [5, 5.41) is 8.65. The SMILES string of the molecule is C=CC(=O)C(O)CS(=O)(=O)[O-].[Na+]. The van der Waals surface area contributed by atoms with E-state index in [2.05, 4.69) is 6.58 Å². The second kappa shape index (κ2) is 5.85. The molecule has 0 aliphatic heterocycles. The number of carbonyl (C=O) groups is 1. The zero-order chi connectivity index (χ0) is 9.07. The zero-order valence-corrected chi connectivity index (χ0v) is 9.37. The summed E-state index contributed by atoms with van der Waals surface area (Å²) in [6.07, 6.45) is -1.02. The van der Waals surface area contributed by atoms with E-state index >= 15 is 0 Å². The Morgan fingerprint density at radius 1 is 1.67 bits per heavy atom. The summed E-state index contributed by atoms with van der Waals surface area (Å²) in [6.45, 7) is 3.01. The summed E-state index contributed by atoms with van der Waals surface area (Å²) < 4.78 is 29.9. The first kappa shape index (κ1) is 14.8. The Bertz CT molecular complexity index is 257. The second-order valence-electron chi connectivity index (χ2n) is 1.85. The molecule has 0 bridgehead atoms. The Hall–Kier alpha value is 0.280. The smallest absolute Gasteiger partial charge is 0.748 e. The van der Waals surface area contributed by atoms with Crippen molar-refractivity contribution in [2.45, 2.75) is 6.10 Å². The number of hydrogen-bond acceptors (Lipinski definition) is 5. The van der Waals surface area contributed by atoms with E-state index in [1.165, 1.54) is 0 Å². The average molecular weight is 202 g/mol. The molecule has 1 atom stereocenters. The van der Waals surface area contributed by atoms with Crippen molar-refractivity contribution in [1.82, 2.24) is 0 Å². The molecule has 0 amide bonds. The molecule has 0 heterocycles. The number of hydrogen-bond donors (Lipinski definition) is 1. The Labute approximate surface area is 92.5 Å². The molecule has 0 aliphatic carbocycles. The van der Waals surface area contributed by atoms with Crippen molar-refractivity contribution in [3.05, 3.63) is 12.7 Å². The van der Waals surface area contributed by atoms with Gasteiger partial charge in [-0.15, -0.1) is 0 Å². The summed E-state index contributed by atoms with van der Waals surface area (Å²) in [6, 6.07) is 0. The number of carbonyl (C=O) groups excluding carboxylic acids is 1. The van der Waals surface area contributed by atoms with E-state index in [1.807, 2.05) is 0 Å². The Morgan fingerprint density at radius 2 is 2.08 bits per heavy atom. The van der Waals surface area contributed by atoms with Gasteiger partial charge in [0.2, 0.25) is 0 Å². The molecule has 0 aromatic rings. The largest absolute Gasteiger partial charge is 1.00 e. The maximum atomic E-state index is 10.4. The molecule has 0 radical (unpaired) electrons. The molecule has 12 heavy (non-hydrogen) atoms. The van der Waals surface area contributed by atoms with Gasteiger partial charge in [-0.3, -0.25) is 4.79 Å². The van der Waals surface area contributed by atoms with Crippen molar-refractivity contribution in [3.63, 3.8) is 0 Å². The first-order chi connectivity index (χ1) is 4.87. The van der Waals surface area contributed by atoms with Crippen LogP contribution in [0.2, 0.25) is 0 Å². The van der Waals surface area contributed by atoms with Crippen molar-refractivity contribution in [3.8, 4) is 0 Å². The molecule has 1 unspecified atom stereocenters. The molecule has 5 nitrogen and oxygen atoms in total. The fourth-order valence-electron chi connectivity index (χ4n) is 0.412. The van der Waals surface area contributed by atoms with E-state index in [1.54, 1.807) is 0 Å². The minimum atomic E-state index is -4.55. The van der Waals surface area contributed by atoms with Gasteiger partial charge in [-0.05, 0) is 6.08 Å². The predicted octanol–water partition coefficient (Wildman–Crippen LogP) is -4.35. The normalized spacial score (nSPS) is 12.8. The van der Waals surface area contributed by atoms with Crippen molar-refractivity contribution in [2.75, 3.05) is 5.75 Å². The first-order valence-corrected chi connectivity index (χ1v) is 4.22. The Kier molecular flexibility index (Phi) is 7.20. The molecule has 0 saturated carbocycles. The molecule has 64 valence electrons. The fraction of sp³-hybridized carbons (Fsp3) is 0.400. The van der Waals surface area contributed by atoms with Crippen LogP contribution in [0.5, 0.6) is 0 Å². The number of ketones is 1. The van der Waals surface area contributed by atoms with Gasteiger partial charge >= 0.3 is 29.6 Å². The molecule has 0 fully saturated rings. The minimum Gasteiger partial charge on any atom is -0.748 e. The van der Waals surface area contributed by atoms with Gasteiger partial charge < -0.3 is 9.66 Å². The maximum Gasteiger partial charge on any atom is 1.00 e. The van der Waals surface area contributed by atoms with Gasteiger partial charge in [-0.25, -0.2) is 8.42 Å². The van der Waals surface area contributed by atoms with Gasteiger partial charge in [-0.1, -0.05) is 6.58 Å². The molecule has 0 saturated heterocycles. The number of aliphatic hydroxyl groups excluding tert-OH is 1. The summed E-state index contributed by atoms with van der Waals surface area (Å²) in [4.78, 5) is 10.4. The van der Waals surface area contributed by atoms with E-state index in [4.69, 9.17) is 5.11 Å². The van der Waals surface area contributed by atoms with Crippen LogP contribution in [0.15, 0.2) is 12.7 Å². The van der Waals surface area contributed by atoms with Gasteiger partial charge in [-0.2, -0.15) is 0 Å². The first-order valence-electron chi connectivity index (χ1n) is 2.64. The Morgan fingerprint density at radius 3 is 2.33 bits per heavy atom. The van der Waals surface area contributed by atoms with Crippen LogP contribution >= 0.6 is 0 Å². The van der Waals surface area contributed by atoms with Gasteiger partial charge in [0.25, 0.3) is 0 Å². The van der Waals surface area contributed by atoms with Crippen LogP contribution in [0.25, 0.3) is 0 Å². The third-order valence-electron chi connectivity index (χ3n) is 0.892. The fourth-order valence-corrected chi connectivity index (χ4v) is 0.962. The standard InChI is InChI=1S/C5H8O5S.Na/c1-2-4(6)5(7)3-11(8,9)10;/h2,5,7H,1,3H2,(H,8,9,10);/q;+1/p-1. The molecular weight excluding hydrogens is 195 g/mol. The average Bonchev–Trinajstić information content (AvgIpc) is 1.82.